The number of esters is 2. The number of halogens is 1. The van der Waals surface area contributed by atoms with Crippen LogP contribution in [0, 0.1) is 16.0 Å². The first-order valence-electron chi connectivity index (χ1n) is 5.93. The van der Waals surface area contributed by atoms with Crippen LogP contribution in [0.15, 0.2) is 24.3 Å². The molecule has 0 fully saturated rings. The van der Waals surface area contributed by atoms with E-state index in [9.17, 15) is 19.7 Å². The van der Waals surface area contributed by atoms with Gasteiger partial charge in [-0.15, -0.1) is 0 Å². The highest BCUT2D eigenvalue weighted by molar-refractivity contribution is 6.30. The lowest BCUT2D eigenvalue weighted by Gasteiger charge is -2.20. The zero-order valence-corrected chi connectivity index (χ0v) is 12.2. The molecule has 0 aromatic heterocycles. The Morgan fingerprint density at radius 1 is 1.29 bits per heavy atom. The lowest BCUT2D eigenvalue weighted by Crippen LogP contribution is -2.35. The van der Waals surface area contributed by atoms with Crippen molar-refractivity contribution in [2.45, 2.75) is 5.92 Å². The van der Waals surface area contributed by atoms with E-state index in [1.54, 1.807) is 18.2 Å². The van der Waals surface area contributed by atoms with Gasteiger partial charge in [0.1, 0.15) is 0 Å². The van der Waals surface area contributed by atoms with E-state index in [2.05, 4.69) is 9.47 Å². The Bertz CT molecular complexity index is 531. The van der Waals surface area contributed by atoms with E-state index in [1.807, 2.05) is 0 Å². The monoisotopic (exact) mass is 315 g/mol. The van der Waals surface area contributed by atoms with Gasteiger partial charge in [0.25, 0.3) is 0 Å². The Labute approximate surface area is 125 Å². The van der Waals surface area contributed by atoms with Gasteiger partial charge in [-0.3, -0.25) is 19.7 Å². The van der Waals surface area contributed by atoms with E-state index >= 15 is 0 Å². The Kier molecular flexibility index (Phi) is 6.10. The Morgan fingerprint density at radius 3 is 2.29 bits per heavy atom. The predicted octanol–water partition coefficient (Wildman–Crippen LogP) is 1.66. The van der Waals surface area contributed by atoms with Crippen molar-refractivity contribution in [1.82, 2.24) is 0 Å². The van der Waals surface area contributed by atoms with Crippen molar-refractivity contribution in [1.29, 1.82) is 0 Å². The lowest BCUT2D eigenvalue weighted by molar-refractivity contribution is -0.484. The molecule has 0 aliphatic heterocycles. The first-order valence-corrected chi connectivity index (χ1v) is 6.31. The Morgan fingerprint density at radius 2 is 1.86 bits per heavy atom. The normalized spacial score (nSPS) is 11.8. The molecular formula is C13H14ClNO6. The summed E-state index contributed by atoms with van der Waals surface area (Å²) in [5.74, 6) is -4.25. The minimum Gasteiger partial charge on any atom is -0.468 e. The summed E-state index contributed by atoms with van der Waals surface area (Å²) in [4.78, 5) is 33.9. The summed E-state index contributed by atoms with van der Waals surface area (Å²) in [6.07, 6.45) is 0. The largest absolute Gasteiger partial charge is 0.468 e. The number of nitrogens with zero attached hydrogens (tertiary/aromatic N) is 1. The van der Waals surface area contributed by atoms with Gasteiger partial charge in [0.05, 0.1) is 20.1 Å². The van der Waals surface area contributed by atoms with Crippen molar-refractivity contribution in [2.24, 2.45) is 5.92 Å². The van der Waals surface area contributed by atoms with E-state index in [-0.39, 0.29) is 0 Å². The summed E-state index contributed by atoms with van der Waals surface area (Å²) in [7, 11) is 2.19. The van der Waals surface area contributed by atoms with Crippen molar-refractivity contribution in [2.75, 3.05) is 20.8 Å². The Balaban J connectivity index is 3.29. The maximum absolute atomic E-state index is 11.8. The number of rotatable bonds is 6. The fraction of sp³-hybridized carbons (Fsp3) is 0.385. The van der Waals surface area contributed by atoms with Crippen LogP contribution in [0.25, 0.3) is 0 Å². The van der Waals surface area contributed by atoms with Crippen LogP contribution in [-0.4, -0.2) is 37.6 Å². The van der Waals surface area contributed by atoms with E-state index in [1.165, 1.54) is 6.07 Å². The minimum atomic E-state index is -1.43. The van der Waals surface area contributed by atoms with Crippen LogP contribution >= 0.6 is 11.6 Å². The van der Waals surface area contributed by atoms with Crippen molar-refractivity contribution in [3.8, 4) is 0 Å². The molecular weight excluding hydrogens is 302 g/mol. The van der Waals surface area contributed by atoms with Crippen LogP contribution in [-0.2, 0) is 19.1 Å². The smallest absolute Gasteiger partial charge is 0.320 e. The van der Waals surface area contributed by atoms with Gasteiger partial charge in [-0.2, -0.15) is 0 Å². The highest BCUT2D eigenvalue weighted by atomic mass is 35.5. The number of carbonyl (C=O) groups excluding carboxylic acids is 2. The molecule has 0 spiro atoms. The summed E-state index contributed by atoms with van der Waals surface area (Å²) in [6, 6.07) is 6.18. The molecule has 21 heavy (non-hydrogen) atoms. The van der Waals surface area contributed by atoms with Gasteiger partial charge in [-0.05, 0) is 17.7 Å². The second-order valence-corrected chi connectivity index (χ2v) is 4.64. The molecule has 1 aromatic carbocycles. The lowest BCUT2D eigenvalue weighted by atomic mass is 9.86. The molecule has 0 saturated carbocycles. The van der Waals surface area contributed by atoms with Crippen LogP contribution in [0.2, 0.25) is 5.02 Å². The first-order chi connectivity index (χ1) is 9.90. The standard InChI is InChI=1S/C13H14ClNO6/c1-20-12(16)11(13(17)21-2)10(7-15(18)19)8-4-3-5-9(14)6-8/h3-6,10-11H,7H2,1-2H3/t10-/m1/s1. The quantitative estimate of drug-likeness (QED) is 0.343. The maximum Gasteiger partial charge on any atom is 0.320 e. The number of methoxy groups -OCH3 is 2. The molecule has 0 saturated heterocycles. The third-order valence-electron chi connectivity index (χ3n) is 2.94. The van der Waals surface area contributed by atoms with Crippen LogP contribution in [0.1, 0.15) is 11.5 Å². The summed E-state index contributed by atoms with van der Waals surface area (Å²) in [5, 5.41) is 11.2. The zero-order valence-electron chi connectivity index (χ0n) is 11.4. The second kappa shape index (κ2) is 7.58. The highest BCUT2D eigenvalue weighted by Crippen LogP contribution is 2.29. The number of benzene rings is 1. The number of hydrogen-bond acceptors (Lipinski definition) is 6. The molecule has 0 aliphatic carbocycles. The summed E-state index contributed by atoms with van der Waals surface area (Å²) in [6.45, 7) is -0.630. The Hall–Kier alpha value is -2.15. The molecule has 7 nitrogen and oxygen atoms in total. The predicted molar refractivity (Wildman–Crippen MR) is 73.6 cm³/mol. The first kappa shape index (κ1) is 16.9. The van der Waals surface area contributed by atoms with Gasteiger partial charge in [0.2, 0.25) is 6.54 Å². The van der Waals surface area contributed by atoms with E-state index in [4.69, 9.17) is 11.6 Å². The molecule has 0 bridgehead atoms. The molecule has 1 atom stereocenters. The van der Waals surface area contributed by atoms with E-state index < -0.39 is 35.2 Å². The number of hydrogen-bond donors (Lipinski definition) is 0. The number of carbonyl (C=O) groups is 2. The van der Waals surface area contributed by atoms with Crippen LogP contribution in [0.5, 0.6) is 0 Å². The topological polar surface area (TPSA) is 95.7 Å². The maximum atomic E-state index is 11.8. The van der Waals surface area contributed by atoms with Crippen molar-refractivity contribution < 1.29 is 24.0 Å². The van der Waals surface area contributed by atoms with Gasteiger partial charge in [0, 0.05) is 9.95 Å². The van der Waals surface area contributed by atoms with E-state index in [0.29, 0.717) is 10.6 Å². The summed E-state index contributed by atoms with van der Waals surface area (Å²) >= 11 is 5.85. The molecule has 0 N–H and O–H groups in total. The molecule has 0 aliphatic rings. The van der Waals surface area contributed by atoms with Crippen LogP contribution in [0.4, 0.5) is 0 Å². The molecule has 1 aromatic rings. The molecule has 114 valence electrons. The van der Waals surface area contributed by atoms with Gasteiger partial charge in [-0.25, -0.2) is 0 Å². The zero-order chi connectivity index (χ0) is 16.0. The minimum absolute atomic E-state index is 0.342. The summed E-state index contributed by atoms with van der Waals surface area (Å²) in [5.41, 5.74) is 0.389. The number of ether oxygens (including phenoxy) is 2. The van der Waals surface area contributed by atoms with Gasteiger partial charge >= 0.3 is 11.9 Å². The molecule has 0 unspecified atom stereocenters. The third kappa shape index (κ3) is 4.42. The van der Waals surface area contributed by atoms with Crippen molar-refractivity contribution in [3.63, 3.8) is 0 Å². The van der Waals surface area contributed by atoms with Crippen molar-refractivity contribution >= 4 is 23.5 Å². The molecule has 8 heteroatoms. The molecule has 0 radical (unpaired) electrons. The van der Waals surface area contributed by atoms with Gasteiger partial charge in [-0.1, -0.05) is 23.7 Å². The van der Waals surface area contributed by atoms with Gasteiger partial charge in [0.15, 0.2) is 5.92 Å². The SMILES string of the molecule is COC(=O)C(C(=O)OC)[C@H](C[N+](=O)[O-])c1cccc(Cl)c1. The summed E-state index contributed by atoms with van der Waals surface area (Å²) < 4.78 is 9.11. The van der Waals surface area contributed by atoms with Crippen LogP contribution in [0.3, 0.4) is 0 Å². The molecule has 1 rings (SSSR count). The average Bonchev–Trinajstić information content (AvgIpc) is 2.45. The fourth-order valence-electron chi connectivity index (χ4n) is 1.98. The molecule has 0 heterocycles. The van der Waals surface area contributed by atoms with Gasteiger partial charge < -0.3 is 9.47 Å². The van der Waals surface area contributed by atoms with Crippen LogP contribution < -0.4 is 0 Å². The average molecular weight is 316 g/mol. The van der Waals surface area contributed by atoms with E-state index in [0.717, 1.165) is 14.2 Å². The third-order valence-corrected chi connectivity index (χ3v) is 3.17. The second-order valence-electron chi connectivity index (χ2n) is 4.20. The fourth-order valence-corrected chi connectivity index (χ4v) is 2.18. The van der Waals surface area contributed by atoms with Crippen molar-refractivity contribution in [3.05, 3.63) is 45.0 Å². The molecule has 0 amide bonds. The highest BCUT2D eigenvalue weighted by Gasteiger charge is 2.40. The number of nitro groups is 1.